The number of alkyl halides is 1. The van der Waals surface area contributed by atoms with Crippen LogP contribution in [0.4, 0.5) is 20.3 Å². The normalized spacial score (nSPS) is 17.3. The van der Waals surface area contributed by atoms with Crippen LogP contribution in [0.3, 0.4) is 0 Å². The third kappa shape index (κ3) is 4.23. The maximum Gasteiger partial charge on any atom is 0.133 e. The molecule has 7 nitrogen and oxygen atoms in total. The number of halogens is 2. The van der Waals surface area contributed by atoms with Gasteiger partial charge in [-0.05, 0) is 18.6 Å². The van der Waals surface area contributed by atoms with Crippen LogP contribution in [-0.4, -0.2) is 48.7 Å². The summed E-state index contributed by atoms with van der Waals surface area (Å²) in [6.07, 6.45) is 4.79. The molecule has 0 bridgehead atoms. The van der Waals surface area contributed by atoms with Gasteiger partial charge in [-0.25, -0.2) is 14.4 Å². The first-order chi connectivity index (χ1) is 14.0. The van der Waals surface area contributed by atoms with E-state index >= 15 is 0 Å². The van der Waals surface area contributed by atoms with Crippen molar-refractivity contribution in [1.82, 2.24) is 9.97 Å². The Bertz CT molecular complexity index is 971. The molecule has 0 unspecified atom stereocenters. The number of benzene rings is 1. The smallest absolute Gasteiger partial charge is 0.133 e. The van der Waals surface area contributed by atoms with Crippen LogP contribution in [0, 0.1) is 17.1 Å². The van der Waals surface area contributed by atoms with Crippen molar-refractivity contribution in [3.8, 4) is 0 Å². The number of nitrogens with one attached hydrogen (secondary N) is 1. The highest BCUT2D eigenvalue weighted by Crippen LogP contribution is 2.27. The molecule has 29 heavy (non-hydrogen) atoms. The lowest BCUT2D eigenvalue weighted by Crippen LogP contribution is -2.22. The van der Waals surface area contributed by atoms with Crippen LogP contribution >= 0.6 is 0 Å². The molecule has 1 atom stereocenters. The van der Waals surface area contributed by atoms with E-state index in [1.54, 1.807) is 13.1 Å². The molecule has 2 aromatic rings. The molecule has 3 rings (SSSR count). The fraction of sp³-hybridized carbons (Fsp3) is 0.300. The first kappa shape index (κ1) is 20.4. The molecule has 1 aliphatic heterocycles. The molecule has 0 saturated carbocycles. The van der Waals surface area contributed by atoms with Crippen molar-refractivity contribution in [1.29, 1.82) is 5.41 Å². The topological polar surface area (TPSA) is 117 Å². The standard InChI is InChI=1S/C20H23F2N7/c1-26-9-13(8-23)14-4-15(17(24)5-16(14)22)20(25)18-6-19(28-11-27-18)29-3-2-12(7-21)10-29/h4-6,8-9,11-12,25H,2-3,7,10,23-24H2,1H3/t12-/m1/s1. The van der Waals surface area contributed by atoms with Crippen molar-refractivity contribution in [2.45, 2.75) is 6.42 Å². The Morgan fingerprint density at radius 3 is 2.79 bits per heavy atom. The minimum atomic E-state index is -0.562. The summed E-state index contributed by atoms with van der Waals surface area (Å²) in [6.45, 7) is 0.906. The Morgan fingerprint density at radius 1 is 1.34 bits per heavy atom. The highest BCUT2D eigenvalue weighted by Gasteiger charge is 2.24. The van der Waals surface area contributed by atoms with Crippen LogP contribution in [0.2, 0.25) is 0 Å². The van der Waals surface area contributed by atoms with Gasteiger partial charge in [0.05, 0.1) is 18.1 Å². The molecule has 2 heterocycles. The Kier molecular flexibility index (Phi) is 6.16. The number of rotatable bonds is 6. The lowest BCUT2D eigenvalue weighted by atomic mass is 9.98. The number of hydrogen-bond donors (Lipinski definition) is 3. The van der Waals surface area contributed by atoms with E-state index in [0.29, 0.717) is 35.7 Å². The quantitative estimate of drug-likeness (QED) is 0.509. The van der Waals surface area contributed by atoms with E-state index in [1.807, 2.05) is 4.90 Å². The Balaban J connectivity index is 1.96. The van der Waals surface area contributed by atoms with Gasteiger partial charge in [0.2, 0.25) is 0 Å². The zero-order chi connectivity index (χ0) is 21.0. The molecule has 1 saturated heterocycles. The number of anilines is 2. The number of nitrogen functional groups attached to an aromatic ring is 1. The Morgan fingerprint density at radius 2 is 2.14 bits per heavy atom. The maximum atomic E-state index is 14.4. The minimum absolute atomic E-state index is 0.00938. The van der Waals surface area contributed by atoms with Crippen LogP contribution in [-0.2, 0) is 0 Å². The Labute approximate surface area is 167 Å². The molecule has 0 amide bonds. The number of allylic oxidation sites excluding steroid dienone is 1. The second-order valence-electron chi connectivity index (χ2n) is 6.82. The molecule has 1 aliphatic rings. The van der Waals surface area contributed by atoms with Crippen LogP contribution < -0.4 is 16.4 Å². The van der Waals surface area contributed by atoms with Crippen LogP contribution in [0.25, 0.3) is 5.57 Å². The van der Waals surface area contributed by atoms with Crippen molar-refractivity contribution < 1.29 is 8.78 Å². The summed E-state index contributed by atoms with van der Waals surface area (Å²) < 4.78 is 27.3. The predicted molar refractivity (Wildman–Crippen MR) is 112 cm³/mol. The van der Waals surface area contributed by atoms with Gasteiger partial charge in [0.25, 0.3) is 0 Å². The predicted octanol–water partition coefficient (Wildman–Crippen LogP) is 2.41. The van der Waals surface area contributed by atoms with E-state index < -0.39 is 5.82 Å². The number of hydrogen-bond acceptors (Lipinski definition) is 7. The second-order valence-corrected chi connectivity index (χ2v) is 6.82. The van der Waals surface area contributed by atoms with Crippen LogP contribution in [0.1, 0.15) is 23.2 Å². The number of aliphatic imine (C=N–C) groups is 1. The largest absolute Gasteiger partial charge is 0.404 e. The van der Waals surface area contributed by atoms with E-state index in [4.69, 9.17) is 16.9 Å². The summed E-state index contributed by atoms with van der Waals surface area (Å²) in [7, 11) is 1.55. The number of nitrogens with two attached hydrogens (primary N) is 2. The molecular weight excluding hydrogens is 376 g/mol. The SMILES string of the molecule is CN=CC(=CN)c1cc(C(=N)c2cc(N3CC[C@H](CF)C3)ncn2)c(N)cc1F. The van der Waals surface area contributed by atoms with Gasteiger partial charge in [0.1, 0.15) is 18.0 Å². The highest BCUT2D eigenvalue weighted by atomic mass is 19.1. The molecule has 0 spiro atoms. The molecule has 0 radical (unpaired) electrons. The zero-order valence-electron chi connectivity index (χ0n) is 16.1. The molecule has 1 fully saturated rings. The lowest BCUT2D eigenvalue weighted by molar-refractivity contribution is 0.384. The van der Waals surface area contributed by atoms with Crippen molar-refractivity contribution in [3.63, 3.8) is 0 Å². The van der Waals surface area contributed by atoms with Crippen molar-refractivity contribution in [3.05, 3.63) is 53.4 Å². The van der Waals surface area contributed by atoms with Gasteiger partial charge in [0, 0.05) is 66.9 Å². The van der Waals surface area contributed by atoms with Gasteiger partial charge in [-0.15, -0.1) is 0 Å². The summed E-state index contributed by atoms with van der Waals surface area (Å²) in [4.78, 5) is 14.3. The van der Waals surface area contributed by atoms with Crippen molar-refractivity contribution >= 4 is 29.0 Å². The van der Waals surface area contributed by atoms with E-state index in [-0.39, 0.29) is 29.6 Å². The average Bonchev–Trinajstić information content (AvgIpc) is 3.21. The van der Waals surface area contributed by atoms with E-state index in [1.165, 1.54) is 24.8 Å². The molecule has 5 N–H and O–H groups in total. The third-order valence-electron chi connectivity index (χ3n) is 4.90. The van der Waals surface area contributed by atoms with Crippen LogP contribution in [0.15, 0.2) is 35.7 Å². The summed E-state index contributed by atoms with van der Waals surface area (Å²) in [5.41, 5.74) is 12.9. The average molecular weight is 399 g/mol. The number of aromatic nitrogens is 2. The first-order valence-electron chi connectivity index (χ1n) is 9.14. The van der Waals surface area contributed by atoms with E-state index in [9.17, 15) is 8.78 Å². The Hall–Kier alpha value is -3.36. The molecule has 0 aliphatic carbocycles. The van der Waals surface area contributed by atoms with Crippen molar-refractivity contribution in [2.24, 2.45) is 16.6 Å². The lowest BCUT2D eigenvalue weighted by Gasteiger charge is -2.18. The summed E-state index contributed by atoms with van der Waals surface area (Å²) in [5, 5.41) is 8.57. The molecular formula is C20H23F2N7. The summed E-state index contributed by atoms with van der Waals surface area (Å²) in [5.74, 6) is 0.0514. The fourth-order valence-electron chi connectivity index (χ4n) is 3.33. The fourth-order valence-corrected chi connectivity index (χ4v) is 3.33. The van der Waals surface area contributed by atoms with Gasteiger partial charge < -0.3 is 16.4 Å². The van der Waals surface area contributed by atoms with Crippen LogP contribution in [0.5, 0.6) is 0 Å². The van der Waals surface area contributed by atoms with Gasteiger partial charge >= 0.3 is 0 Å². The summed E-state index contributed by atoms with van der Waals surface area (Å²) >= 11 is 0. The van der Waals surface area contributed by atoms with Gasteiger partial charge in [-0.1, -0.05) is 0 Å². The minimum Gasteiger partial charge on any atom is -0.404 e. The van der Waals surface area contributed by atoms with Crippen molar-refractivity contribution in [2.75, 3.05) is 37.4 Å². The van der Waals surface area contributed by atoms with E-state index in [2.05, 4.69) is 15.0 Å². The molecule has 9 heteroatoms. The monoisotopic (exact) mass is 399 g/mol. The van der Waals surface area contributed by atoms with Gasteiger partial charge in [-0.3, -0.25) is 14.8 Å². The molecule has 1 aromatic heterocycles. The highest BCUT2D eigenvalue weighted by molar-refractivity contribution is 6.15. The second kappa shape index (κ2) is 8.76. The molecule has 1 aromatic carbocycles. The molecule has 152 valence electrons. The maximum absolute atomic E-state index is 14.4. The number of nitrogens with zero attached hydrogens (tertiary/aromatic N) is 4. The third-order valence-corrected chi connectivity index (χ3v) is 4.90. The van der Waals surface area contributed by atoms with Gasteiger partial charge in [0.15, 0.2) is 0 Å². The van der Waals surface area contributed by atoms with Gasteiger partial charge in [-0.2, -0.15) is 0 Å². The zero-order valence-corrected chi connectivity index (χ0v) is 16.1. The first-order valence-corrected chi connectivity index (χ1v) is 9.14. The van der Waals surface area contributed by atoms with E-state index in [0.717, 1.165) is 12.5 Å². The summed E-state index contributed by atoms with van der Waals surface area (Å²) in [6, 6.07) is 4.28.